The summed E-state index contributed by atoms with van der Waals surface area (Å²) < 4.78 is 5.70. The van der Waals surface area contributed by atoms with Gasteiger partial charge >= 0.3 is 0 Å². The molecule has 2 aromatic rings. The number of carbonyl (C=O) groups excluding carboxylic acids is 1. The number of pyridine rings is 1. The minimum absolute atomic E-state index is 0.130. The fourth-order valence-corrected chi connectivity index (χ4v) is 2.36. The van der Waals surface area contributed by atoms with Gasteiger partial charge in [0.05, 0.1) is 11.4 Å². The van der Waals surface area contributed by atoms with Crippen molar-refractivity contribution in [3.8, 4) is 5.75 Å². The van der Waals surface area contributed by atoms with Gasteiger partial charge in [-0.1, -0.05) is 53.5 Å². The summed E-state index contributed by atoms with van der Waals surface area (Å²) in [5, 5.41) is 0.664. The highest BCUT2D eigenvalue weighted by Gasteiger charge is 2.21. The summed E-state index contributed by atoms with van der Waals surface area (Å²) in [6, 6.07) is 8.95. The number of hydrogen-bond donors (Lipinski definition) is 0. The monoisotopic (exact) mass is 323 g/mol. The van der Waals surface area contributed by atoms with E-state index in [0.717, 1.165) is 0 Å². The molecule has 2 rings (SSSR count). The number of rotatable bonds is 4. The van der Waals surface area contributed by atoms with Crippen molar-refractivity contribution in [2.75, 3.05) is 0 Å². The lowest BCUT2D eigenvalue weighted by atomic mass is 10.1. The second kappa shape index (κ2) is 6.46. The number of benzene rings is 1. The molecular formula is C16H15Cl2NO2. The van der Waals surface area contributed by atoms with Crippen LogP contribution in [-0.2, 0) is 0 Å². The molecule has 1 atom stereocenters. The van der Waals surface area contributed by atoms with Crippen molar-refractivity contribution in [1.29, 1.82) is 0 Å². The van der Waals surface area contributed by atoms with E-state index in [0.29, 0.717) is 32.7 Å². The Morgan fingerprint density at radius 3 is 2.14 bits per heavy atom. The molecule has 0 saturated carbocycles. The van der Waals surface area contributed by atoms with E-state index in [2.05, 4.69) is 4.98 Å². The van der Waals surface area contributed by atoms with Crippen LogP contribution in [0.25, 0.3) is 0 Å². The Morgan fingerprint density at radius 1 is 1.10 bits per heavy atom. The Balaban J connectivity index is 2.28. The minimum atomic E-state index is -0.691. The predicted molar refractivity (Wildman–Crippen MR) is 84.6 cm³/mol. The van der Waals surface area contributed by atoms with Crippen LogP contribution in [0, 0.1) is 13.8 Å². The van der Waals surface area contributed by atoms with E-state index in [1.807, 2.05) is 6.07 Å². The fraction of sp³-hybridized carbons (Fsp3) is 0.250. The molecule has 110 valence electrons. The van der Waals surface area contributed by atoms with Gasteiger partial charge in [-0.25, -0.2) is 0 Å². The van der Waals surface area contributed by atoms with Crippen LogP contribution < -0.4 is 4.74 Å². The van der Waals surface area contributed by atoms with Crippen LogP contribution in [0.1, 0.15) is 28.7 Å². The zero-order valence-electron chi connectivity index (χ0n) is 12.0. The van der Waals surface area contributed by atoms with Gasteiger partial charge in [0, 0.05) is 5.56 Å². The summed E-state index contributed by atoms with van der Waals surface area (Å²) in [6.07, 6.45) is -0.691. The highest BCUT2D eigenvalue weighted by atomic mass is 35.5. The molecule has 0 N–H and O–H groups in total. The first-order valence-corrected chi connectivity index (χ1v) is 7.25. The molecule has 0 fully saturated rings. The molecule has 3 nitrogen and oxygen atoms in total. The van der Waals surface area contributed by atoms with Crippen molar-refractivity contribution >= 4 is 29.0 Å². The molecule has 0 aliphatic carbocycles. The van der Waals surface area contributed by atoms with Crippen molar-refractivity contribution in [2.24, 2.45) is 0 Å². The number of ether oxygens (including phenoxy) is 1. The van der Waals surface area contributed by atoms with Crippen LogP contribution in [0.4, 0.5) is 0 Å². The summed E-state index contributed by atoms with van der Waals surface area (Å²) in [7, 11) is 0. The smallest absolute Gasteiger partial charge is 0.202 e. The van der Waals surface area contributed by atoms with Crippen molar-refractivity contribution in [1.82, 2.24) is 4.98 Å². The van der Waals surface area contributed by atoms with Crippen LogP contribution >= 0.6 is 23.2 Å². The van der Waals surface area contributed by atoms with Crippen LogP contribution in [0.2, 0.25) is 10.0 Å². The van der Waals surface area contributed by atoms with Gasteiger partial charge in [0.15, 0.2) is 11.9 Å². The Bertz CT molecular complexity index is 645. The molecule has 0 bridgehead atoms. The maximum atomic E-state index is 12.3. The summed E-state index contributed by atoms with van der Waals surface area (Å²) >= 11 is 12.4. The number of aryl methyl sites for hydroxylation is 2. The molecule has 1 aromatic carbocycles. The maximum Gasteiger partial charge on any atom is 0.202 e. The van der Waals surface area contributed by atoms with Crippen molar-refractivity contribution in [3.63, 3.8) is 0 Å². The molecule has 0 aliphatic rings. The van der Waals surface area contributed by atoms with Gasteiger partial charge in [-0.15, -0.1) is 0 Å². The van der Waals surface area contributed by atoms with Gasteiger partial charge in [0.25, 0.3) is 0 Å². The van der Waals surface area contributed by atoms with E-state index < -0.39 is 6.10 Å². The van der Waals surface area contributed by atoms with Crippen LogP contribution in [0.5, 0.6) is 5.75 Å². The summed E-state index contributed by atoms with van der Waals surface area (Å²) in [4.78, 5) is 16.5. The molecule has 0 radical (unpaired) electrons. The van der Waals surface area contributed by atoms with Gasteiger partial charge in [0.2, 0.25) is 5.78 Å². The van der Waals surface area contributed by atoms with E-state index in [1.165, 1.54) is 0 Å². The van der Waals surface area contributed by atoms with Crippen LogP contribution in [-0.4, -0.2) is 16.9 Å². The number of ketones is 1. The van der Waals surface area contributed by atoms with E-state index in [1.54, 1.807) is 45.0 Å². The third-order valence-electron chi connectivity index (χ3n) is 3.09. The number of hydrogen-bond acceptors (Lipinski definition) is 3. The normalized spacial score (nSPS) is 12.0. The number of halogens is 2. The molecule has 5 heteroatoms. The van der Waals surface area contributed by atoms with E-state index in [4.69, 9.17) is 27.9 Å². The SMILES string of the molecule is Cc1nc(C)c(Cl)c(OC(C)C(=O)c2ccccc2)c1Cl. The number of nitrogens with zero attached hydrogens (tertiary/aromatic N) is 1. The Kier molecular flexibility index (Phi) is 4.86. The molecule has 1 heterocycles. The molecular weight excluding hydrogens is 309 g/mol. The van der Waals surface area contributed by atoms with Gasteiger partial charge < -0.3 is 4.74 Å². The molecule has 21 heavy (non-hydrogen) atoms. The van der Waals surface area contributed by atoms with E-state index in [-0.39, 0.29) is 5.78 Å². The lowest BCUT2D eigenvalue weighted by Crippen LogP contribution is -2.24. The molecule has 0 saturated heterocycles. The second-order valence-corrected chi connectivity index (χ2v) is 5.49. The lowest BCUT2D eigenvalue weighted by molar-refractivity contribution is 0.0818. The largest absolute Gasteiger partial charge is 0.479 e. The van der Waals surface area contributed by atoms with E-state index in [9.17, 15) is 4.79 Å². The first-order valence-electron chi connectivity index (χ1n) is 6.50. The fourth-order valence-electron chi connectivity index (χ4n) is 1.95. The van der Waals surface area contributed by atoms with Crippen molar-refractivity contribution < 1.29 is 9.53 Å². The highest BCUT2D eigenvalue weighted by Crippen LogP contribution is 2.37. The maximum absolute atomic E-state index is 12.3. The standard InChI is InChI=1S/C16H15Cl2NO2/c1-9-13(17)16(14(18)10(2)19-9)21-11(3)15(20)12-7-5-4-6-8-12/h4-8,11H,1-3H3. The number of aromatic nitrogens is 1. The third kappa shape index (κ3) is 3.36. The Hall–Kier alpha value is -1.58. The summed E-state index contributed by atoms with van der Waals surface area (Å²) in [6.45, 7) is 5.21. The number of carbonyl (C=O) groups is 1. The average Bonchev–Trinajstić information content (AvgIpc) is 2.49. The van der Waals surface area contributed by atoms with Gasteiger partial charge in [-0.05, 0) is 20.8 Å². The highest BCUT2D eigenvalue weighted by molar-refractivity contribution is 6.37. The third-order valence-corrected chi connectivity index (χ3v) is 3.98. The first-order chi connectivity index (χ1) is 9.91. The van der Waals surface area contributed by atoms with Gasteiger partial charge in [0.1, 0.15) is 10.0 Å². The van der Waals surface area contributed by atoms with Crippen molar-refractivity contribution in [3.05, 3.63) is 57.3 Å². The zero-order valence-corrected chi connectivity index (χ0v) is 13.5. The quantitative estimate of drug-likeness (QED) is 0.768. The average molecular weight is 324 g/mol. The lowest BCUT2D eigenvalue weighted by Gasteiger charge is -2.17. The molecule has 1 unspecified atom stereocenters. The summed E-state index contributed by atoms with van der Waals surface area (Å²) in [5.41, 5.74) is 1.82. The summed E-state index contributed by atoms with van der Waals surface area (Å²) in [5.74, 6) is 0.176. The van der Waals surface area contributed by atoms with Gasteiger partial charge in [-0.2, -0.15) is 0 Å². The number of Topliss-reactive ketones (excluding diaryl/α,β-unsaturated/α-hetero) is 1. The molecule has 0 amide bonds. The minimum Gasteiger partial charge on any atom is -0.479 e. The van der Waals surface area contributed by atoms with Crippen molar-refractivity contribution in [2.45, 2.75) is 26.9 Å². The molecule has 0 spiro atoms. The second-order valence-electron chi connectivity index (χ2n) is 4.73. The zero-order chi connectivity index (χ0) is 15.6. The topological polar surface area (TPSA) is 39.2 Å². The molecule has 0 aliphatic heterocycles. The van der Waals surface area contributed by atoms with Crippen LogP contribution in [0.15, 0.2) is 30.3 Å². The molecule has 1 aromatic heterocycles. The van der Waals surface area contributed by atoms with Crippen LogP contribution in [0.3, 0.4) is 0 Å². The first kappa shape index (κ1) is 15.8. The van der Waals surface area contributed by atoms with E-state index >= 15 is 0 Å². The Labute approximate surface area is 133 Å². The van der Waals surface area contributed by atoms with Gasteiger partial charge in [-0.3, -0.25) is 9.78 Å². The predicted octanol–water partition coefficient (Wildman–Crippen LogP) is 4.66. The Morgan fingerprint density at radius 2 is 1.62 bits per heavy atom.